The largest absolute Gasteiger partial charge is 0.398 e. The van der Waals surface area contributed by atoms with Gasteiger partial charge in [0, 0.05) is 4.90 Å². The first-order valence-corrected chi connectivity index (χ1v) is 9.85. The minimum atomic E-state index is -4.41. The van der Waals surface area contributed by atoms with Crippen LogP contribution in [0.5, 0.6) is 0 Å². The van der Waals surface area contributed by atoms with E-state index in [1.807, 2.05) is 5.32 Å². The highest BCUT2D eigenvalue weighted by atomic mass is 32.2. The Hall–Kier alpha value is -2.53. The zero-order valence-corrected chi connectivity index (χ0v) is 15.0. The molecule has 6 nitrogen and oxygen atoms in total. The lowest BCUT2D eigenvalue weighted by atomic mass is 10.1. The minimum absolute atomic E-state index is 0.0206. The number of sulfonamides is 1. The molecule has 0 fully saturated rings. The van der Waals surface area contributed by atoms with Gasteiger partial charge in [0.1, 0.15) is 0 Å². The van der Waals surface area contributed by atoms with Crippen LogP contribution in [0.1, 0.15) is 20.7 Å². The molecule has 0 bridgehead atoms. The normalized spacial score (nSPS) is 14.0. The van der Waals surface area contributed by atoms with Crippen molar-refractivity contribution >= 4 is 39.3 Å². The van der Waals surface area contributed by atoms with E-state index in [2.05, 4.69) is 4.72 Å². The lowest BCUT2D eigenvalue weighted by Gasteiger charge is -2.13. The van der Waals surface area contributed by atoms with Crippen molar-refractivity contribution in [1.82, 2.24) is 5.32 Å². The molecule has 2 N–H and O–H groups in total. The number of nitrogens with one attached hydrogen (secondary N) is 2. The highest BCUT2D eigenvalue weighted by Gasteiger charge is 2.30. The van der Waals surface area contributed by atoms with E-state index in [0.717, 1.165) is 12.1 Å². The number of anilines is 1. The number of benzene rings is 2. The second-order valence-electron chi connectivity index (χ2n) is 5.50. The minimum Gasteiger partial charge on any atom is -0.288 e. The summed E-state index contributed by atoms with van der Waals surface area (Å²) in [6.07, 6.45) is -4.41. The Balaban J connectivity index is 1.89. The predicted molar refractivity (Wildman–Crippen MR) is 92.3 cm³/mol. The Morgan fingerprint density at radius 3 is 2.37 bits per heavy atom. The second kappa shape index (κ2) is 6.89. The molecular formula is C16H11F3N2O4S2. The monoisotopic (exact) mass is 416 g/mol. The third-order valence-electron chi connectivity index (χ3n) is 3.54. The molecule has 2 aromatic rings. The topological polar surface area (TPSA) is 92.3 Å². The Bertz CT molecular complexity index is 1040. The van der Waals surface area contributed by atoms with E-state index in [-0.39, 0.29) is 26.6 Å². The zero-order valence-electron chi connectivity index (χ0n) is 13.3. The number of halogens is 3. The van der Waals surface area contributed by atoms with E-state index in [9.17, 15) is 31.2 Å². The molecular weight excluding hydrogens is 405 g/mol. The third kappa shape index (κ3) is 4.25. The van der Waals surface area contributed by atoms with Gasteiger partial charge in [-0.15, -0.1) is 11.8 Å². The summed E-state index contributed by atoms with van der Waals surface area (Å²) in [5.74, 6) is -2.51. The van der Waals surface area contributed by atoms with Crippen LogP contribution in [0.25, 0.3) is 0 Å². The maximum Gasteiger partial charge on any atom is 0.398 e. The summed E-state index contributed by atoms with van der Waals surface area (Å²) in [7, 11) is -4.19. The van der Waals surface area contributed by atoms with Crippen LogP contribution >= 0.6 is 11.8 Å². The summed E-state index contributed by atoms with van der Waals surface area (Å²) in [4.78, 5) is 23.0. The number of rotatable bonds is 5. The first-order chi connectivity index (χ1) is 12.6. The SMILES string of the molecule is O=C1NC(=O)c2cc(S(=O)(=O)Nc3ccccc3SCC(F)(F)F)ccc21. The van der Waals surface area contributed by atoms with Crippen molar-refractivity contribution in [2.75, 3.05) is 10.5 Å². The first kappa shape index (κ1) is 19.2. The van der Waals surface area contributed by atoms with Crippen molar-refractivity contribution < 1.29 is 31.2 Å². The van der Waals surface area contributed by atoms with Crippen LogP contribution in [-0.2, 0) is 10.0 Å². The third-order valence-corrected chi connectivity index (χ3v) is 6.04. The average molecular weight is 416 g/mol. The molecule has 1 aliphatic heterocycles. The van der Waals surface area contributed by atoms with Crippen LogP contribution in [0.3, 0.4) is 0 Å². The fraction of sp³-hybridized carbons (Fsp3) is 0.125. The molecule has 27 heavy (non-hydrogen) atoms. The van der Waals surface area contributed by atoms with Crippen LogP contribution in [0.15, 0.2) is 52.3 Å². The standard InChI is InChI=1S/C16H11F3N2O4S2/c17-16(18,19)8-26-13-4-2-1-3-12(13)21-27(24,25)9-5-6-10-11(7-9)15(23)20-14(10)22/h1-7,21H,8H2,(H,20,22,23). The Morgan fingerprint density at radius 2 is 1.67 bits per heavy atom. The van der Waals surface area contributed by atoms with Crippen LogP contribution in [0.2, 0.25) is 0 Å². The number of hydrogen-bond donors (Lipinski definition) is 2. The van der Waals surface area contributed by atoms with Crippen molar-refractivity contribution in [3.63, 3.8) is 0 Å². The van der Waals surface area contributed by atoms with Crippen molar-refractivity contribution in [2.24, 2.45) is 0 Å². The highest BCUT2D eigenvalue weighted by molar-refractivity contribution is 7.99. The number of fused-ring (bicyclic) bond motifs is 1. The van der Waals surface area contributed by atoms with Gasteiger partial charge in [-0.05, 0) is 30.3 Å². The molecule has 0 aliphatic carbocycles. The van der Waals surface area contributed by atoms with E-state index in [1.54, 1.807) is 0 Å². The molecule has 0 unspecified atom stereocenters. The quantitative estimate of drug-likeness (QED) is 0.578. The van der Waals surface area contributed by atoms with E-state index >= 15 is 0 Å². The molecule has 0 spiro atoms. The van der Waals surface area contributed by atoms with Gasteiger partial charge >= 0.3 is 6.18 Å². The molecule has 0 radical (unpaired) electrons. The maximum absolute atomic E-state index is 12.6. The van der Waals surface area contributed by atoms with Gasteiger partial charge in [0.05, 0.1) is 27.5 Å². The summed E-state index contributed by atoms with van der Waals surface area (Å²) in [5.41, 5.74) is -0.0459. The van der Waals surface area contributed by atoms with E-state index < -0.39 is 33.8 Å². The predicted octanol–water partition coefficient (Wildman–Crippen LogP) is 3.03. The number of thioether (sulfide) groups is 1. The molecule has 0 atom stereocenters. The smallest absolute Gasteiger partial charge is 0.288 e. The van der Waals surface area contributed by atoms with Crippen LogP contribution < -0.4 is 10.0 Å². The van der Waals surface area contributed by atoms with Crippen molar-refractivity contribution in [1.29, 1.82) is 0 Å². The Morgan fingerprint density at radius 1 is 1.00 bits per heavy atom. The van der Waals surface area contributed by atoms with Gasteiger partial charge in [-0.2, -0.15) is 13.2 Å². The van der Waals surface area contributed by atoms with E-state index in [4.69, 9.17) is 0 Å². The molecule has 3 rings (SSSR count). The van der Waals surface area contributed by atoms with Crippen molar-refractivity contribution in [2.45, 2.75) is 16.0 Å². The van der Waals surface area contributed by atoms with Gasteiger partial charge in [-0.3, -0.25) is 19.6 Å². The summed E-state index contributed by atoms with van der Waals surface area (Å²) < 4.78 is 64.7. The molecule has 11 heteroatoms. The summed E-state index contributed by atoms with van der Waals surface area (Å²) in [6, 6.07) is 9.05. The van der Waals surface area contributed by atoms with Crippen molar-refractivity contribution in [3.8, 4) is 0 Å². The number of amides is 2. The molecule has 0 saturated carbocycles. The first-order valence-electron chi connectivity index (χ1n) is 7.38. The van der Waals surface area contributed by atoms with Gasteiger partial charge in [-0.1, -0.05) is 12.1 Å². The highest BCUT2D eigenvalue weighted by Crippen LogP contribution is 2.33. The van der Waals surface area contributed by atoms with E-state index in [1.165, 1.54) is 30.3 Å². The number of carbonyl (C=O) groups excluding carboxylic acids is 2. The number of imide groups is 1. The Labute approximate surface area is 156 Å². The molecule has 142 valence electrons. The number of alkyl halides is 3. The van der Waals surface area contributed by atoms with Gasteiger partial charge < -0.3 is 0 Å². The summed E-state index contributed by atoms with van der Waals surface area (Å²) >= 11 is 0.450. The average Bonchev–Trinajstić information content (AvgIpc) is 2.87. The zero-order chi connectivity index (χ0) is 19.8. The van der Waals surface area contributed by atoms with Crippen LogP contribution in [0.4, 0.5) is 18.9 Å². The molecule has 1 heterocycles. The van der Waals surface area contributed by atoms with Gasteiger partial charge in [0.15, 0.2) is 0 Å². The lowest BCUT2D eigenvalue weighted by Crippen LogP contribution is -2.20. The van der Waals surface area contributed by atoms with Gasteiger partial charge in [0.2, 0.25) is 0 Å². The van der Waals surface area contributed by atoms with E-state index in [0.29, 0.717) is 11.8 Å². The summed E-state index contributed by atoms with van der Waals surface area (Å²) in [6.45, 7) is 0. The van der Waals surface area contributed by atoms with Gasteiger partial charge in [-0.25, -0.2) is 8.42 Å². The second-order valence-corrected chi connectivity index (χ2v) is 8.20. The Kier molecular flexibility index (Phi) is 4.91. The lowest BCUT2D eigenvalue weighted by molar-refractivity contribution is -0.105. The number of carbonyl (C=O) groups is 2. The number of para-hydroxylation sites is 1. The summed E-state index contributed by atoms with van der Waals surface area (Å²) in [5, 5.41) is 2.05. The van der Waals surface area contributed by atoms with Crippen molar-refractivity contribution in [3.05, 3.63) is 53.6 Å². The molecule has 2 aromatic carbocycles. The molecule has 0 aromatic heterocycles. The fourth-order valence-electron chi connectivity index (χ4n) is 2.35. The van der Waals surface area contributed by atoms with Crippen LogP contribution in [-0.4, -0.2) is 32.2 Å². The van der Waals surface area contributed by atoms with Gasteiger partial charge in [0.25, 0.3) is 21.8 Å². The maximum atomic E-state index is 12.6. The molecule has 0 saturated heterocycles. The molecule has 2 amide bonds. The number of hydrogen-bond acceptors (Lipinski definition) is 5. The molecule has 1 aliphatic rings. The van der Waals surface area contributed by atoms with Crippen LogP contribution in [0, 0.1) is 0 Å². The fourth-order valence-corrected chi connectivity index (χ4v) is 4.29.